The maximum Gasteiger partial charge on any atom is 0.416 e. The van der Waals surface area contributed by atoms with E-state index in [0.29, 0.717) is 29.0 Å². The number of aromatic nitrogens is 2. The van der Waals surface area contributed by atoms with Gasteiger partial charge in [-0.25, -0.2) is 9.97 Å². The number of hydrogen-bond acceptors (Lipinski definition) is 4. The van der Waals surface area contributed by atoms with Gasteiger partial charge in [0.1, 0.15) is 5.69 Å². The Bertz CT molecular complexity index is 898. The molecule has 4 rings (SSSR count). The average Bonchev–Trinajstić information content (AvgIpc) is 3.19. The minimum Gasteiger partial charge on any atom is -0.340 e. The van der Waals surface area contributed by atoms with E-state index < -0.39 is 11.7 Å². The molecule has 0 radical (unpaired) electrons. The molecule has 3 atom stereocenters. The van der Waals surface area contributed by atoms with Crippen LogP contribution in [0.15, 0.2) is 30.3 Å². The zero-order valence-electron chi connectivity index (χ0n) is 15.8. The van der Waals surface area contributed by atoms with E-state index in [2.05, 4.69) is 14.9 Å². The molecule has 7 heteroatoms. The zero-order valence-corrected chi connectivity index (χ0v) is 15.8. The first-order valence-corrected chi connectivity index (χ1v) is 9.50. The zero-order chi connectivity index (χ0) is 20.1. The first-order valence-electron chi connectivity index (χ1n) is 9.50. The predicted molar refractivity (Wildman–Crippen MR) is 99.4 cm³/mol. The van der Waals surface area contributed by atoms with Crippen LogP contribution in [0, 0.1) is 18.8 Å². The van der Waals surface area contributed by atoms with E-state index in [1.54, 1.807) is 18.2 Å². The van der Waals surface area contributed by atoms with Crippen molar-refractivity contribution in [1.82, 2.24) is 9.97 Å². The Morgan fingerprint density at radius 2 is 1.75 bits per heavy atom. The van der Waals surface area contributed by atoms with Gasteiger partial charge in [0.2, 0.25) is 5.95 Å². The van der Waals surface area contributed by atoms with Crippen molar-refractivity contribution < 1.29 is 18.0 Å². The quantitative estimate of drug-likeness (QED) is 0.718. The number of ketones is 1. The maximum absolute atomic E-state index is 13.4. The summed E-state index contributed by atoms with van der Waals surface area (Å²) in [5, 5.41) is 0. The van der Waals surface area contributed by atoms with E-state index >= 15 is 0 Å². The van der Waals surface area contributed by atoms with Crippen molar-refractivity contribution in [2.45, 2.75) is 38.8 Å². The molecule has 0 N–H and O–H groups in total. The van der Waals surface area contributed by atoms with E-state index in [1.165, 1.54) is 19.1 Å². The fourth-order valence-corrected chi connectivity index (χ4v) is 4.70. The summed E-state index contributed by atoms with van der Waals surface area (Å²) in [5.41, 5.74) is 1.05. The molecular formula is C21H22F3N3O. The minimum absolute atomic E-state index is 0.0683. The summed E-state index contributed by atoms with van der Waals surface area (Å²) in [5.74, 6) is 1.01. The fourth-order valence-electron chi connectivity index (χ4n) is 4.70. The SMILES string of the molecule is CC(=O)c1cc(C)nc(N2C[C@H]3CC(c4ccccc4C(F)(F)F)C[C@H]3C2)n1. The van der Waals surface area contributed by atoms with Crippen LogP contribution in [0.25, 0.3) is 0 Å². The number of carbonyl (C=O) groups is 1. The number of benzene rings is 1. The molecule has 28 heavy (non-hydrogen) atoms. The van der Waals surface area contributed by atoms with Gasteiger partial charge >= 0.3 is 6.18 Å². The van der Waals surface area contributed by atoms with Crippen molar-refractivity contribution in [3.8, 4) is 0 Å². The Kier molecular flexibility index (Phi) is 4.63. The summed E-state index contributed by atoms with van der Waals surface area (Å²) < 4.78 is 40.1. The smallest absolute Gasteiger partial charge is 0.340 e. The van der Waals surface area contributed by atoms with Gasteiger partial charge in [0, 0.05) is 25.7 Å². The van der Waals surface area contributed by atoms with Gasteiger partial charge in [-0.3, -0.25) is 4.79 Å². The van der Waals surface area contributed by atoms with Gasteiger partial charge in [0.15, 0.2) is 5.78 Å². The van der Waals surface area contributed by atoms with Gasteiger partial charge in [-0.15, -0.1) is 0 Å². The third-order valence-corrected chi connectivity index (χ3v) is 5.94. The van der Waals surface area contributed by atoms with Crippen molar-refractivity contribution in [2.75, 3.05) is 18.0 Å². The standard InChI is InChI=1S/C21H22F3N3O/c1-12-7-19(13(2)28)26-20(25-12)27-10-15-8-14(9-16(15)11-27)17-5-3-4-6-18(17)21(22,23)24/h3-7,14-16H,8-11H2,1-2H3/t14?,15-,16+. The van der Waals surface area contributed by atoms with Crippen LogP contribution in [0.3, 0.4) is 0 Å². The van der Waals surface area contributed by atoms with Crippen LogP contribution in [0.1, 0.15) is 53.0 Å². The van der Waals surface area contributed by atoms with Crippen molar-refractivity contribution in [3.63, 3.8) is 0 Å². The number of halogens is 3. The Labute approximate surface area is 161 Å². The molecule has 2 aromatic rings. The largest absolute Gasteiger partial charge is 0.416 e. The number of anilines is 1. The lowest BCUT2D eigenvalue weighted by atomic mass is 9.91. The highest BCUT2D eigenvalue weighted by molar-refractivity contribution is 5.92. The van der Waals surface area contributed by atoms with Crippen LogP contribution in [0.5, 0.6) is 0 Å². The molecule has 148 valence electrons. The summed E-state index contributed by atoms with van der Waals surface area (Å²) >= 11 is 0. The normalized spacial score (nSPS) is 24.5. The van der Waals surface area contributed by atoms with Crippen LogP contribution in [-0.2, 0) is 6.18 Å². The molecule has 1 aliphatic heterocycles. The number of Topliss-reactive ketones (excluding diaryl/α,β-unsaturated/α-hetero) is 1. The van der Waals surface area contributed by atoms with E-state index in [-0.39, 0.29) is 11.7 Å². The highest BCUT2D eigenvalue weighted by Crippen LogP contribution is 2.49. The number of carbonyl (C=O) groups excluding carboxylic acids is 1. The second-order valence-corrected chi connectivity index (χ2v) is 7.93. The lowest BCUT2D eigenvalue weighted by Gasteiger charge is -2.22. The van der Waals surface area contributed by atoms with Crippen molar-refractivity contribution in [2.24, 2.45) is 11.8 Å². The molecule has 2 aliphatic rings. The van der Waals surface area contributed by atoms with Crippen LogP contribution in [-0.4, -0.2) is 28.8 Å². The summed E-state index contributed by atoms with van der Waals surface area (Å²) in [4.78, 5) is 22.6. The average molecular weight is 389 g/mol. The molecule has 0 amide bonds. The molecule has 2 fully saturated rings. The molecular weight excluding hydrogens is 367 g/mol. The molecule has 2 heterocycles. The van der Waals surface area contributed by atoms with E-state index in [0.717, 1.165) is 31.6 Å². The minimum atomic E-state index is -4.32. The highest BCUT2D eigenvalue weighted by Gasteiger charge is 2.44. The number of fused-ring (bicyclic) bond motifs is 1. The van der Waals surface area contributed by atoms with E-state index in [9.17, 15) is 18.0 Å². The number of hydrogen-bond donors (Lipinski definition) is 0. The molecule has 1 unspecified atom stereocenters. The molecule has 1 aromatic carbocycles. The number of nitrogens with zero attached hydrogens (tertiary/aromatic N) is 3. The van der Waals surface area contributed by atoms with Crippen molar-refractivity contribution in [1.29, 1.82) is 0 Å². The van der Waals surface area contributed by atoms with Gasteiger partial charge in [-0.05, 0) is 55.2 Å². The molecule has 1 saturated heterocycles. The second-order valence-electron chi connectivity index (χ2n) is 7.93. The van der Waals surface area contributed by atoms with Crippen LogP contribution < -0.4 is 4.90 Å². The fraction of sp³-hybridized carbons (Fsp3) is 0.476. The van der Waals surface area contributed by atoms with Gasteiger partial charge in [0.25, 0.3) is 0 Å². The number of aryl methyl sites for hydroxylation is 1. The Hall–Kier alpha value is -2.44. The highest BCUT2D eigenvalue weighted by atomic mass is 19.4. The van der Waals surface area contributed by atoms with Crippen LogP contribution >= 0.6 is 0 Å². The predicted octanol–water partition coefficient (Wildman–Crippen LogP) is 4.64. The monoisotopic (exact) mass is 389 g/mol. The lowest BCUT2D eigenvalue weighted by molar-refractivity contribution is -0.138. The van der Waals surface area contributed by atoms with Gasteiger partial charge in [0.05, 0.1) is 5.56 Å². The Balaban J connectivity index is 1.51. The van der Waals surface area contributed by atoms with Crippen LogP contribution in [0.4, 0.5) is 19.1 Å². The Morgan fingerprint density at radius 1 is 1.11 bits per heavy atom. The third kappa shape index (κ3) is 3.50. The van der Waals surface area contributed by atoms with E-state index in [1.807, 2.05) is 6.92 Å². The second kappa shape index (κ2) is 6.87. The van der Waals surface area contributed by atoms with Crippen LogP contribution in [0.2, 0.25) is 0 Å². The first kappa shape index (κ1) is 18.9. The van der Waals surface area contributed by atoms with E-state index in [4.69, 9.17) is 0 Å². The number of rotatable bonds is 3. The summed E-state index contributed by atoms with van der Waals surface area (Å²) in [7, 11) is 0. The molecule has 0 bridgehead atoms. The van der Waals surface area contributed by atoms with Gasteiger partial charge < -0.3 is 4.90 Å². The first-order chi connectivity index (χ1) is 13.2. The third-order valence-electron chi connectivity index (χ3n) is 5.94. The Morgan fingerprint density at radius 3 is 2.36 bits per heavy atom. The molecule has 1 aliphatic carbocycles. The molecule has 0 spiro atoms. The topological polar surface area (TPSA) is 46.1 Å². The molecule has 1 saturated carbocycles. The summed E-state index contributed by atoms with van der Waals surface area (Å²) in [6, 6.07) is 7.61. The van der Waals surface area contributed by atoms with Crippen molar-refractivity contribution >= 4 is 11.7 Å². The molecule has 4 nitrogen and oxygen atoms in total. The van der Waals surface area contributed by atoms with Crippen molar-refractivity contribution in [3.05, 3.63) is 52.8 Å². The molecule has 1 aromatic heterocycles. The van der Waals surface area contributed by atoms with Gasteiger partial charge in [-0.1, -0.05) is 18.2 Å². The lowest BCUT2D eigenvalue weighted by Crippen LogP contribution is -2.25. The maximum atomic E-state index is 13.4. The summed E-state index contributed by atoms with van der Waals surface area (Å²) in [6.45, 7) is 4.75. The summed E-state index contributed by atoms with van der Waals surface area (Å²) in [6.07, 6.45) is -2.85. The number of alkyl halides is 3. The van der Waals surface area contributed by atoms with Gasteiger partial charge in [-0.2, -0.15) is 13.2 Å².